The first-order valence-electron chi connectivity index (χ1n) is 3.60. The molecule has 1 aromatic rings. The van der Waals surface area contributed by atoms with Crippen molar-refractivity contribution in [2.45, 2.75) is 6.92 Å². The van der Waals surface area contributed by atoms with Crippen LogP contribution in [0.15, 0.2) is 10.9 Å². The topological polar surface area (TPSA) is 61.0 Å². The maximum Gasteiger partial charge on any atom is 0.253 e. The lowest BCUT2D eigenvalue weighted by Crippen LogP contribution is -2.22. The van der Waals surface area contributed by atoms with Gasteiger partial charge in [-0.05, 0) is 6.92 Å². The maximum atomic E-state index is 10.9. The van der Waals surface area contributed by atoms with Crippen molar-refractivity contribution in [2.75, 3.05) is 19.5 Å². The van der Waals surface area contributed by atoms with Crippen LogP contribution in [0.3, 0.4) is 0 Å². The number of hydrogen-bond acceptors (Lipinski definition) is 4. The maximum absolute atomic E-state index is 10.9. The van der Waals surface area contributed by atoms with Gasteiger partial charge in [-0.1, -0.05) is 0 Å². The van der Waals surface area contributed by atoms with Crippen LogP contribution in [0.2, 0.25) is 0 Å². The third-order valence-electron chi connectivity index (χ3n) is 1.20. The second-order valence-corrected chi connectivity index (χ2v) is 2.72. The quantitative estimate of drug-likeness (QED) is 0.609. The molecule has 0 aromatic carbocycles. The number of nitrogens with zero attached hydrogens (tertiary/aromatic N) is 2. The number of aromatic amines is 1. The molecule has 0 radical (unpaired) electrons. The van der Waals surface area contributed by atoms with E-state index in [0.717, 1.165) is 0 Å². The summed E-state index contributed by atoms with van der Waals surface area (Å²) in [5.74, 6) is 1.16. The minimum Gasteiger partial charge on any atom is -0.311 e. The SMILES string of the molecule is Cc1nc(NN(C)C)cc(=O)[nH]1. The standard InChI is InChI=1S/C7H12N4O/c1-5-8-6(10-11(2)3)4-7(12)9-5/h4H,1-3H3,(H2,8,9,10,12). The lowest BCUT2D eigenvalue weighted by Gasteiger charge is -2.11. The molecule has 0 aliphatic carbocycles. The van der Waals surface area contributed by atoms with E-state index in [9.17, 15) is 4.79 Å². The van der Waals surface area contributed by atoms with E-state index in [1.54, 1.807) is 11.9 Å². The van der Waals surface area contributed by atoms with Crippen LogP contribution >= 0.6 is 0 Å². The summed E-state index contributed by atoms with van der Waals surface area (Å²) in [6.07, 6.45) is 0. The van der Waals surface area contributed by atoms with Gasteiger partial charge in [0.2, 0.25) is 0 Å². The van der Waals surface area contributed by atoms with Crippen LogP contribution in [-0.2, 0) is 0 Å². The van der Waals surface area contributed by atoms with E-state index in [-0.39, 0.29) is 5.56 Å². The van der Waals surface area contributed by atoms with Crippen molar-refractivity contribution in [3.63, 3.8) is 0 Å². The van der Waals surface area contributed by atoms with Gasteiger partial charge in [0.1, 0.15) is 11.6 Å². The number of rotatable bonds is 2. The Morgan fingerprint density at radius 2 is 2.25 bits per heavy atom. The molecule has 0 bridgehead atoms. The Labute approximate surface area is 70.4 Å². The predicted octanol–water partition coefficient (Wildman–Crippen LogP) is -0.0332. The summed E-state index contributed by atoms with van der Waals surface area (Å²) in [4.78, 5) is 17.6. The molecule has 0 unspecified atom stereocenters. The number of aromatic nitrogens is 2. The van der Waals surface area contributed by atoms with Crippen molar-refractivity contribution in [1.82, 2.24) is 15.0 Å². The zero-order valence-electron chi connectivity index (χ0n) is 7.38. The molecule has 0 saturated heterocycles. The van der Waals surface area contributed by atoms with Crippen LogP contribution in [0.25, 0.3) is 0 Å². The van der Waals surface area contributed by atoms with Gasteiger partial charge in [0.15, 0.2) is 0 Å². The average Bonchev–Trinajstić information content (AvgIpc) is 1.81. The van der Waals surface area contributed by atoms with Crippen LogP contribution in [0, 0.1) is 6.92 Å². The Kier molecular flexibility index (Phi) is 2.44. The minimum atomic E-state index is -0.146. The molecule has 1 heterocycles. The van der Waals surface area contributed by atoms with Crippen molar-refractivity contribution in [3.8, 4) is 0 Å². The highest BCUT2D eigenvalue weighted by Gasteiger charge is 1.96. The molecule has 0 spiro atoms. The van der Waals surface area contributed by atoms with Gasteiger partial charge in [0.05, 0.1) is 0 Å². The van der Waals surface area contributed by atoms with Crippen molar-refractivity contribution in [1.29, 1.82) is 0 Å². The minimum absolute atomic E-state index is 0.146. The molecule has 0 amide bonds. The van der Waals surface area contributed by atoms with Crippen LogP contribution in [0.1, 0.15) is 5.82 Å². The summed E-state index contributed by atoms with van der Waals surface area (Å²) in [7, 11) is 3.66. The largest absolute Gasteiger partial charge is 0.311 e. The zero-order valence-corrected chi connectivity index (χ0v) is 7.38. The Hall–Kier alpha value is -1.36. The van der Waals surface area contributed by atoms with E-state index < -0.39 is 0 Å². The van der Waals surface area contributed by atoms with Crippen LogP contribution in [-0.4, -0.2) is 29.1 Å². The van der Waals surface area contributed by atoms with Gasteiger partial charge in [-0.15, -0.1) is 0 Å². The third kappa shape index (κ3) is 2.35. The molecular formula is C7H12N4O. The van der Waals surface area contributed by atoms with Gasteiger partial charge in [-0.3, -0.25) is 4.79 Å². The first-order valence-corrected chi connectivity index (χ1v) is 3.60. The summed E-state index contributed by atoms with van der Waals surface area (Å²) < 4.78 is 0. The van der Waals surface area contributed by atoms with Crippen LogP contribution in [0.4, 0.5) is 5.82 Å². The Bertz CT molecular complexity index is 317. The van der Waals surface area contributed by atoms with E-state index in [4.69, 9.17) is 0 Å². The van der Waals surface area contributed by atoms with Gasteiger partial charge in [0.25, 0.3) is 5.56 Å². The molecule has 5 nitrogen and oxygen atoms in total. The second-order valence-electron chi connectivity index (χ2n) is 2.72. The lowest BCUT2D eigenvalue weighted by atomic mass is 10.5. The van der Waals surface area contributed by atoms with Crippen molar-refractivity contribution in [3.05, 3.63) is 22.2 Å². The molecular weight excluding hydrogens is 156 g/mol. The molecule has 2 N–H and O–H groups in total. The fourth-order valence-electron chi connectivity index (χ4n) is 0.866. The van der Waals surface area contributed by atoms with E-state index in [2.05, 4.69) is 15.4 Å². The Morgan fingerprint density at radius 1 is 1.58 bits per heavy atom. The molecule has 1 aromatic heterocycles. The highest BCUT2D eigenvalue weighted by Crippen LogP contribution is 1.97. The number of hydrazine groups is 1. The van der Waals surface area contributed by atoms with Gasteiger partial charge in [-0.25, -0.2) is 9.99 Å². The summed E-state index contributed by atoms with van der Waals surface area (Å²) >= 11 is 0. The smallest absolute Gasteiger partial charge is 0.253 e. The Balaban J connectivity index is 2.93. The molecule has 0 aliphatic rings. The first-order chi connectivity index (χ1) is 5.58. The number of H-pyrrole nitrogens is 1. The van der Waals surface area contributed by atoms with E-state index in [0.29, 0.717) is 11.6 Å². The highest BCUT2D eigenvalue weighted by molar-refractivity contribution is 5.31. The fraction of sp³-hybridized carbons (Fsp3) is 0.429. The first kappa shape index (κ1) is 8.73. The molecule has 0 saturated carbocycles. The molecule has 0 fully saturated rings. The van der Waals surface area contributed by atoms with Crippen molar-refractivity contribution in [2.24, 2.45) is 0 Å². The molecule has 66 valence electrons. The van der Waals surface area contributed by atoms with Crippen molar-refractivity contribution >= 4 is 5.82 Å². The van der Waals surface area contributed by atoms with E-state index in [1.165, 1.54) is 6.07 Å². The van der Waals surface area contributed by atoms with Gasteiger partial charge < -0.3 is 10.4 Å². The molecule has 5 heteroatoms. The number of aryl methyl sites for hydroxylation is 1. The predicted molar refractivity (Wildman–Crippen MR) is 46.9 cm³/mol. The second kappa shape index (κ2) is 3.36. The monoisotopic (exact) mass is 168 g/mol. The molecule has 0 atom stereocenters. The fourth-order valence-corrected chi connectivity index (χ4v) is 0.866. The van der Waals surface area contributed by atoms with Gasteiger partial charge >= 0.3 is 0 Å². The molecule has 0 aliphatic heterocycles. The van der Waals surface area contributed by atoms with Gasteiger partial charge in [0, 0.05) is 20.2 Å². The highest BCUT2D eigenvalue weighted by atomic mass is 16.1. The summed E-state index contributed by atoms with van der Waals surface area (Å²) in [6, 6.07) is 1.41. The van der Waals surface area contributed by atoms with E-state index in [1.807, 2.05) is 14.1 Å². The number of hydrogen-bond donors (Lipinski definition) is 2. The third-order valence-corrected chi connectivity index (χ3v) is 1.20. The van der Waals surface area contributed by atoms with Crippen molar-refractivity contribution < 1.29 is 0 Å². The Morgan fingerprint density at radius 3 is 2.75 bits per heavy atom. The average molecular weight is 168 g/mol. The van der Waals surface area contributed by atoms with Gasteiger partial charge in [-0.2, -0.15) is 0 Å². The summed E-state index contributed by atoms with van der Waals surface area (Å²) in [6.45, 7) is 1.74. The summed E-state index contributed by atoms with van der Waals surface area (Å²) in [5, 5.41) is 1.72. The molecule has 1 rings (SSSR count). The van der Waals surface area contributed by atoms with Crippen LogP contribution < -0.4 is 11.0 Å². The van der Waals surface area contributed by atoms with E-state index >= 15 is 0 Å². The summed E-state index contributed by atoms with van der Waals surface area (Å²) in [5.41, 5.74) is 2.74. The lowest BCUT2D eigenvalue weighted by molar-refractivity contribution is 0.491. The zero-order chi connectivity index (χ0) is 9.14. The van der Waals surface area contributed by atoms with Crippen LogP contribution in [0.5, 0.6) is 0 Å². The number of nitrogens with one attached hydrogen (secondary N) is 2. The molecule has 12 heavy (non-hydrogen) atoms. The normalized spacial score (nSPS) is 10.3. The number of anilines is 1.